The number of nitrogens with zero attached hydrogens (tertiary/aromatic N) is 3. The van der Waals surface area contributed by atoms with E-state index in [-0.39, 0.29) is 11.2 Å². The predicted molar refractivity (Wildman–Crippen MR) is 282 cm³/mol. The molecule has 0 unspecified atom stereocenters. The van der Waals surface area contributed by atoms with Gasteiger partial charge in [-0.2, -0.15) is 0 Å². The number of rotatable bonds is 9. The summed E-state index contributed by atoms with van der Waals surface area (Å²) < 4.78 is 21.3. The van der Waals surface area contributed by atoms with Crippen molar-refractivity contribution in [2.45, 2.75) is 63.7 Å². The molecule has 1 saturated carbocycles. The highest BCUT2D eigenvalue weighted by Gasteiger charge is 2.26. The van der Waals surface area contributed by atoms with Gasteiger partial charge in [0.2, 0.25) is 0 Å². The molecule has 68 heavy (non-hydrogen) atoms. The van der Waals surface area contributed by atoms with Gasteiger partial charge in [-0.3, -0.25) is 9.55 Å². The van der Waals surface area contributed by atoms with Crippen molar-refractivity contribution in [1.82, 2.24) is 14.5 Å². The predicted octanol–water partition coefficient (Wildman–Crippen LogP) is 16.9. The lowest BCUT2D eigenvalue weighted by atomic mass is 9.76. The summed E-state index contributed by atoms with van der Waals surface area (Å²) in [6, 6.07) is 70.7. The maximum Gasteiger partial charge on any atom is 0.149 e. The van der Waals surface area contributed by atoms with Gasteiger partial charge in [-0.15, -0.1) is 0 Å². The Hall–Kier alpha value is -7.82. The number of imidazole rings is 1. The molecule has 4 nitrogen and oxygen atoms in total. The Labute approximate surface area is 403 Å². The highest BCUT2D eigenvalue weighted by molar-refractivity contribution is 5.98. The van der Waals surface area contributed by atoms with E-state index >= 15 is 0 Å². The average Bonchev–Trinajstić information content (AvgIpc) is 3.80. The zero-order valence-electron chi connectivity index (χ0n) is 40.8. The van der Waals surface area contributed by atoms with E-state index in [1.54, 1.807) is 0 Å². The molecule has 4 heteroatoms. The lowest BCUT2D eigenvalue weighted by Gasteiger charge is -2.29. The second kappa shape index (κ2) is 18.1. The van der Waals surface area contributed by atoms with Crippen molar-refractivity contribution in [2.75, 3.05) is 0 Å². The smallest absolute Gasteiger partial charge is 0.149 e. The first-order valence-electron chi connectivity index (χ1n) is 24.8. The van der Waals surface area contributed by atoms with Gasteiger partial charge in [0, 0.05) is 31.3 Å². The number of para-hydroxylation sites is 2. The van der Waals surface area contributed by atoms with Crippen molar-refractivity contribution in [2.24, 2.45) is 0 Å². The van der Waals surface area contributed by atoms with Gasteiger partial charge in [0.05, 0.1) is 22.3 Å². The van der Waals surface area contributed by atoms with Crippen LogP contribution >= 0.6 is 0 Å². The van der Waals surface area contributed by atoms with Gasteiger partial charge in [-0.1, -0.05) is 178 Å². The van der Waals surface area contributed by atoms with Crippen LogP contribution in [0.2, 0.25) is 0 Å². The van der Waals surface area contributed by atoms with Crippen LogP contribution in [0.15, 0.2) is 212 Å². The monoisotopic (exact) mass is 883 g/mol. The summed E-state index contributed by atoms with van der Waals surface area (Å²) in [7, 11) is 0. The Bertz CT molecular complexity index is 3500. The largest absolute Gasteiger partial charge is 0.507 e. The second-order valence-electron chi connectivity index (χ2n) is 19.0. The number of aromatic hydroxyl groups is 1. The molecule has 10 aromatic rings. The Morgan fingerprint density at radius 3 is 1.74 bits per heavy atom. The molecule has 1 N–H and O–H groups in total. The van der Waals surface area contributed by atoms with Crippen molar-refractivity contribution in [3.63, 3.8) is 0 Å². The van der Waals surface area contributed by atoms with Gasteiger partial charge in [-0.25, -0.2) is 4.98 Å². The van der Waals surface area contributed by atoms with Gasteiger partial charge >= 0.3 is 0 Å². The molecule has 0 radical (unpaired) electrons. The fraction of sp³-hybridized carbons (Fsp3) is 0.156. The van der Waals surface area contributed by atoms with Crippen molar-refractivity contribution >= 4 is 11.0 Å². The van der Waals surface area contributed by atoms with Crippen LogP contribution in [0.1, 0.15) is 77.7 Å². The first-order valence-corrected chi connectivity index (χ1v) is 23.8. The Balaban J connectivity index is 1.07. The molecular formula is C64H55N3O. The maximum atomic E-state index is 12.6. The normalized spacial score (nSPS) is 17.7. The van der Waals surface area contributed by atoms with E-state index in [2.05, 4.69) is 159 Å². The SMILES string of the molecule is [2H]C1(c2ccccc2)CCC([2H])(c2ccc(-n3c(-c4cccc(-c5ccccc5-c5ccccc5)c4O)nc4c(-c5cc(-c6cc(-c7ccccc7)ccn6)cc(C(C)(C)C)c5)cccc43)cc2)CC1. The van der Waals surface area contributed by atoms with E-state index in [9.17, 15) is 7.85 Å². The quantitative estimate of drug-likeness (QED) is 0.157. The first-order chi connectivity index (χ1) is 34.0. The molecule has 8 aromatic carbocycles. The summed E-state index contributed by atoms with van der Waals surface area (Å²) >= 11 is 0. The average molecular weight is 884 g/mol. The van der Waals surface area contributed by atoms with Crippen molar-refractivity contribution in [1.29, 1.82) is 0 Å². The fourth-order valence-corrected chi connectivity index (χ4v) is 10.0. The van der Waals surface area contributed by atoms with Crippen LogP contribution in [0.25, 0.3) is 83.9 Å². The molecule has 332 valence electrons. The van der Waals surface area contributed by atoms with E-state index in [0.717, 1.165) is 78.0 Å². The number of phenolic OH excluding ortho intramolecular Hbond substituents is 1. The lowest BCUT2D eigenvalue weighted by Crippen LogP contribution is -2.12. The van der Waals surface area contributed by atoms with Crippen LogP contribution < -0.4 is 0 Å². The third-order valence-electron chi connectivity index (χ3n) is 13.7. The second-order valence-corrected chi connectivity index (χ2v) is 19.0. The highest BCUT2D eigenvalue weighted by Crippen LogP contribution is 2.46. The third kappa shape index (κ3) is 8.32. The maximum absolute atomic E-state index is 12.6. The molecule has 2 aromatic heterocycles. The molecule has 0 atom stereocenters. The Morgan fingerprint density at radius 2 is 1.04 bits per heavy atom. The van der Waals surface area contributed by atoms with Crippen molar-refractivity contribution in [3.8, 4) is 78.6 Å². The summed E-state index contributed by atoms with van der Waals surface area (Å²) in [6.07, 6.45) is 4.33. The number of aromatic nitrogens is 3. The Kier molecular flexibility index (Phi) is 10.8. The fourth-order valence-electron chi connectivity index (χ4n) is 10.0. The molecule has 0 aliphatic heterocycles. The van der Waals surface area contributed by atoms with Crippen LogP contribution in [0, 0.1) is 0 Å². The van der Waals surface area contributed by atoms with E-state index in [1.165, 1.54) is 5.56 Å². The molecule has 0 amide bonds. The van der Waals surface area contributed by atoms with Gasteiger partial charge < -0.3 is 5.11 Å². The minimum absolute atomic E-state index is 0.145. The molecule has 0 spiro atoms. The number of phenols is 1. The van der Waals surface area contributed by atoms with Gasteiger partial charge in [0.15, 0.2) is 0 Å². The van der Waals surface area contributed by atoms with Crippen LogP contribution in [0.3, 0.4) is 0 Å². The standard InChI is InChI=1S/C64H55N3O/c1-64(2,3)52-40-50(39-51(41-52)59-42-49(37-38-65-59)44-19-9-5-10-20-44)55-25-16-28-60-61(55)66-63(58-27-15-26-57(62(58)68)56-24-14-13-23-54(56)48-21-11-6-12-22-48)67(60)53-35-33-47(34-36-53)46-31-29-45(30-32-46)43-17-7-4-8-18-43/h4-28,33-42,45-46,68H,29-32H2,1-3H3/i45D,46D. The molecule has 0 bridgehead atoms. The topological polar surface area (TPSA) is 50.9 Å². The van der Waals surface area contributed by atoms with E-state index in [0.29, 0.717) is 42.6 Å². The van der Waals surface area contributed by atoms with Crippen molar-refractivity contribution < 1.29 is 7.85 Å². The third-order valence-corrected chi connectivity index (χ3v) is 13.7. The van der Waals surface area contributed by atoms with Gasteiger partial charge in [0.25, 0.3) is 0 Å². The molecule has 11 rings (SSSR count). The minimum Gasteiger partial charge on any atom is -0.507 e. The number of pyridine rings is 1. The summed E-state index contributed by atoms with van der Waals surface area (Å²) in [6.45, 7) is 6.73. The van der Waals surface area contributed by atoms with E-state index in [4.69, 9.17) is 9.97 Å². The van der Waals surface area contributed by atoms with Gasteiger partial charge in [-0.05, 0) is 141 Å². The Morgan fingerprint density at radius 1 is 0.485 bits per heavy atom. The highest BCUT2D eigenvalue weighted by atomic mass is 16.3. The van der Waals surface area contributed by atoms with E-state index in [1.807, 2.05) is 79.0 Å². The van der Waals surface area contributed by atoms with Crippen molar-refractivity contribution in [3.05, 3.63) is 229 Å². The zero-order valence-corrected chi connectivity index (χ0v) is 38.8. The summed E-state index contributed by atoms with van der Waals surface area (Å²) in [4.78, 5) is 10.5. The van der Waals surface area contributed by atoms with E-state index < -0.39 is 11.8 Å². The lowest BCUT2D eigenvalue weighted by molar-refractivity contribution is 0.396. The van der Waals surface area contributed by atoms with Crippen LogP contribution in [0.4, 0.5) is 0 Å². The number of hydrogen-bond acceptors (Lipinski definition) is 3. The van der Waals surface area contributed by atoms with Crippen LogP contribution in [-0.2, 0) is 5.41 Å². The summed E-state index contributed by atoms with van der Waals surface area (Å²) in [5, 5.41) is 12.6. The minimum atomic E-state index is -0.811. The molecule has 1 aliphatic rings. The zero-order chi connectivity index (χ0) is 48.0. The summed E-state index contributed by atoms with van der Waals surface area (Å²) in [5.74, 6) is -0.750. The van der Waals surface area contributed by atoms with Crippen LogP contribution in [0.5, 0.6) is 5.75 Å². The molecule has 1 aliphatic carbocycles. The van der Waals surface area contributed by atoms with Gasteiger partial charge in [0.1, 0.15) is 11.6 Å². The molecular weight excluding hydrogens is 827 g/mol. The van der Waals surface area contributed by atoms with Crippen LogP contribution in [-0.4, -0.2) is 19.6 Å². The number of fused-ring (bicyclic) bond motifs is 1. The first kappa shape index (κ1) is 40.5. The summed E-state index contributed by atoms with van der Waals surface area (Å²) in [5.41, 5.74) is 16.0. The number of benzene rings is 8. The molecule has 2 heterocycles. The number of hydrogen-bond donors (Lipinski definition) is 1. The molecule has 1 fully saturated rings. The molecule has 0 saturated heterocycles.